The number of rotatable bonds is 3. The molecule has 0 radical (unpaired) electrons. The van der Waals surface area contributed by atoms with Gasteiger partial charge in [0.25, 0.3) is 0 Å². The lowest BCUT2D eigenvalue weighted by Gasteiger charge is -2.11. The number of benzene rings is 2. The van der Waals surface area contributed by atoms with E-state index in [1.54, 1.807) is 0 Å². The summed E-state index contributed by atoms with van der Waals surface area (Å²) in [5.74, 6) is -1.68. The predicted molar refractivity (Wildman–Crippen MR) is 70.1 cm³/mol. The second-order valence-corrected chi connectivity index (χ2v) is 4.70. The number of hydrogen-bond donors (Lipinski definition) is 1. The average Bonchev–Trinajstić information content (AvgIpc) is 2.37. The van der Waals surface area contributed by atoms with Gasteiger partial charge < -0.3 is 5.32 Å². The molecule has 0 unspecified atom stereocenters. The lowest BCUT2D eigenvalue weighted by Crippen LogP contribution is -2.06. The second kappa shape index (κ2) is 5.89. The fourth-order valence-corrected chi connectivity index (χ4v) is 1.97. The highest BCUT2D eigenvalue weighted by molar-refractivity contribution is 6.33. The Morgan fingerprint density at radius 3 is 2.14 bits per heavy atom. The molecular formula is C14H9ClF5N. The molecule has 2 aromatic rings. The van der Waals surface area contributed by atoms with Crippen molar-refractivity contribution < 1.29 is 22.0 Å². The summed E-state index contributed by atoms with van der Waals surface area (Å²) in [6.45, 7) is 0.0560. The van der Waals surface area contributed by atoms with Crippen LogP contribution in [0.15, 0.2) is 36.4 Å². The molecule has 0 atom stereocenters. The first-order valence-corrected chi connectivity index (χ1v) is 6.20. The third-order valence-corrected chi connectivity index (χ3v) is 3.06. The van der Waals surface area contributed by atoms with E-state index in [4.69, 9.17) is 11.6 Å². The number of anilines is 1. The van der Waals surface area contributed by atoms with E-state index in [0.717, 1.165) is 18.2 Å². The zero-order valence-corrected chi connectivity index (χ0v) is 11.2. The molecule has 0 aliphatic rings. The van der Waals surface area contributed by atoms with Crippen molar-refractivity contribution in [2.24, 2.45) is 0 Å². The Labute approximate surface area is 122 Å². The van der Waals surface area contributed by atoms with Crippen molar-refractivity contribution in [3.63, 3.8) is 0 Å². The first-order chi connectivity index (χ1) is 9.77. The van der Waals surface area contributed by atoms with E-state index in [0.29, 0.717) is 11.6 Å². The summed E-state index contributed by atoms with van der Waals surface area (Å²) in [7, 11) is 0. The maximum absolute atomic E-state index is 13.5. The van der Waals surface area contributed by atoms with Gasteiger partial charge in [-0.2, -0.15) is 13.2 Å². The summed E-state index contributed by atoms with van der Waals surface area (Å²) < 4.78 is 63.6. The largest absolute Gasteiger partial charge is 0.416 e. The van der Waals surface area contributed by atoms with Crippen LogP contribution in [0.25, 0.3) is 0 Å². The van der Waals surface area contributed by atoms with E-state index in [-0.39, 0.29) is 17.3 Å². The lowest BCUT2D eigenvalue weighted by molar-refractivity contribution is -0.137. The molecule has 1 nitrogen and oxygen atoms in total. The first-order valence-electron chi connectivity index (χ1n) is 5.82. The van der Waals surface area contributed by atoms with E-state index in [9.17, 15) is 22.0 Å². The summed E-state index contributed by atoms with van der Waals surface area (Å²) >= 11 is 5.69. The molecule has 7 heteroatoms. The molecular weight excluding hydrogens is 313 g/mol. The van der Waals surface area contributed by atoms with Gasteiger partial charge in [-0.3, -0.25) is 0 Å². The van der Waals surface area contributed by atoms with Crippen LogP contribution in [-0.4, -0.2) is 0 Å². The van der Waals surface area contributed by atoms with Crippen molar-refractivity contribution in [3.05, 3.63) is 64.2 Å². The van der Waals surface area contributed by atoms with Crippen molar-refractivity contribution >= 4 is 17.3 Å². The third-order valence-electron chi connectivity index (χ3n) is 2.76. The summed E-state index contributed by atoms with van der Waals surface area (Å²) in [5, 5.41) is 2.49. The standard InChI is InChI=1S/C14H9ClF5N/c15-11-5-10(16)6-12(17)13(11)21-7-8-1-3-9(4-2-8)14(18,19)20/h1-6,21H,7H2. The monoisotopic (exact) mass is 321 g/mol. The number of alkyl halides is 3. The fourth-order valence-electron chi connectivity index (χ4n) is 1.71. The van der Waals surface area contributed by atoms with Gasteiger partial charge in [0.1, 0.15) is 5.82 Å². The van der Waals surface area contributed by atoms with Gasteiger partial charge >= 0.3 is 6.18 Å². The minimum atomic E-state index is -4.40. The minimum absolute atomic E-state index is 0.0560. The normalized spacial score (nSPS) is 11.5. The molecule has 2 rings (SSSR count). The molecule has 0 saturated carbocycles. The molecule has 2 aromatic carbocycles. The molecule has 112 valence electrons. The van der Waals surface area contributed by atoms with Crippen molar-refractivity contribution in [2.45, 2.75) is 12.7 Å². The maximum Gasteiger partial charge on any atom is 0.416 e. The van der Waals surface area contributed by atoms with Gasteiger partial charge in [0.15, 0.2) is 5.82 Å². The van der Waals surface area contributed by atoms with Crippen molar-refractivity contribution in [2.75, 3.05) is 5.32 Å². The Bertz CT molecular complexity index is 614. The van der Waals surface area contributed by atoms with Crippen molar-refractivity contribution in [1.29, 1.82) is 0 Å². The highest BCUT2D eigenvalue weighted by Gasteiger charge is 2.29. The summed E-state index contributed by atoms with van der Waals surface area (Å²) in [5.41, 5.74) is -0.363. The third kappa shape index (κ3) is 3.85. The Morgan fingerprint density at radius 2 is 1.62 bits per heavy atom. The molecule has 0 aliphatic heterocycles. The first kappa shape index (κ1) is 15.6. The summed E-state index contributed by atoms with van der Waals surface area (Å²) in [6.07, 6.45) is -4.40. The van der Waals surface area contributed by atoms with Crippen LogP contribution in [0, 0.1) is 11.6 Å². The maximum atomic E-state index is 13.5. The molecule has 0 bridgehead atoms. The average molecular weight is 322 g/mol. The van der Waals surface area contributed by atoms with Crippen LogP contribution in [-0.2, 0) is 12.7 Å². The molecule has 21 heavy (non-hydrogen) atoms. The fraction of sp³-hybridized carbons (Fsp3) is 0.143. The smallest absolute Gasteiger partial charge is 0.377 e. The summed E-state index contributed by atoms with van der Waals surface area (Å²) in [4.78, 5) is 0. The molecule has 0 amide bonds. The highest BCUT2D eigenvalue weighted by Crippen LogP contribution is 2.30. The molecule has 0 aromatic heterocycles. The molecule has 0 heterocycles. The number of nitrogens with one attached hydrogen (secondary N) is 1. The Balaban J connectivity index is 2.10. The second-order valence-electron chi connectivity index (χ2n) is 4.29. The van der Waals surface area contributed by atoms with Gasteiger partial charge in [-0.1, -0.05) is 23.7 Å². The van der Waals surface area contributed by atoms with Crippen molar-refractivity contribution in [3.8, 4) is 0 Å². The van der Waals surface area contributed by atoms with Crippen LogP contribution in [0.5, 0.6) is 0 Å². The molecule has 0 fully saturated rings. The van der Waals surface area contributed by atoms with Gasteiger partial charge in [-0.15, -0.1) is 0 Å². The van der Waals surface area contributed by atoms with E-state index in [1.165, 1.54) is 12.1 Å². The van der Waals surface area contributed by atoms with Crippen LogP contribution in [0.2, 0.25) is 5.02 Å². The zero-order chi connectivity index (χ0) is 15.6. The van der Waals surface area contributed by atoms with Gasteiger partial charge in [-0.05, 0) is 23.8 Å². The predicted octanol–water partition coefficient (Wildman–Crippen LogP) is 5.25. The summed E-state index contributed by atoms with van der Waals surface area (Å²) in [6, 6.07) is 6.01. The number of halogens is 6. The quantitative estimate of drug-likeness (QED) is 0.761. The van der Waals surface area contributed by atoms with Crippen LogP contribution in [0.4, 0.5) is 27.6 Å². The molecule has 0 aliphatic carbocycles. The van der Waals surface area contributed by atoms with Crippen molar-refractivity contribution in [1.82, 2.24) is 0 Å². The van der Waals surface area contributed by atoms with E-state index in [1.807, 2.05) is 0 Å². The zero-order valence-electron chi connectivity index (χ0n) is 10.4. The lowest BCUT2D eigenvalue weighted by atomic mass is 10.1. The van der Waals surface area contributed by atoms with E-state index in [2.05, 4.69) is 5.32 Å². The van der Waals surface area contributed by atoms with E-state index < -0.39 is 23.4 Å². The van der Waals surface area contributed by atoms with Gasteiger partial charge in [-0.25, -0.2) is 8.78 Å². The Kier molecular flexibility index (Phi) is 4.37. The van der Waals surface area contributed by atoms with Gasteiger partial charge in [0.2, 0.25) is 0 Å². The Morgan fingerprint density at radius 1 is 1.00 bits per heavy atom. The number of hydrogen-bond acceptors (Lipinski definition) is 1. The minimum Gasteiger partial charge on any atom is -0.377 e. The topological polar surface area (TPSA) is 12.0 Å². The molecule has 0 spiro atoms. The van der Waals surface area contributed by atoms with Gasteiger partial charge in [0.05, 0.1) is 16.3 Å². The highest BCUT2D eigenvalue weighted by atomic mass is 35.5. The van der Waals surface area contributed by atoms with Crippen LogP contribution < -0.4 is 5.32 Å². The van der Waals surface area contributed by atoms with E-state index >= 15 is 0 Å². The molecule has 0 saturated heterocycles. The van der Waals surface area contributed by atoms with Crippen LogP contribution in [0.3, 0.4) is 0 Å². The Hall–Kier alpha value is -1.82. The van der Waals surface area contributed by atoms with Crippen LogP contribution in [0.1, 0.15) is 11.1 Å². The van der Waals surface area contributed by atoms with Gasteiger partial charge in [0, 0.05) is 12.6 Å². The van der Waals surface area contributed by atoms with Crippen LogP contribution >= 0.6 is 11.6 Å². The SMILES string of the molecule is Fc1cc(F)c(NCc2ccc(C(F)(F)F)cc2)c(Cl)c1. The molecule has 1 N–H and O–H groups in total.